The van der Waals surface area contributed by atoms with E-state index in [1.807, 2.05) is 91.0 Å². The van der Waals surface area contributed by atoms with Crippen LogP contribution in [0.4, 0.5) is 0 Å². The van der Waals surface area contributed by atoms with Crippen molar-refractivity contribution in [2.75, 3.05) is 11.0 Å². The molecule has 0 radical (unpaired) electrons. The number of alkyl halides is 1. The molecule has 0 aromatic heterocycles. The molecule has 1 saturated heterocycles. The molecule has 1 fully saturated rings. The molecule has 1 N–H and O–H groups in total. The Morgan fingerprint density at radius 2 is 1.12 bits per heavy atom. The molecule has 0 amide bonds. The van der Waals surface area contributed by atoms with E-state index in [1.165, 1.54) is 0 Å². The van der Waals surface area contributed by atoms with E-state index in [4.69, 9.17) is 18.9 Å². The summed E-state index contributed by atoms with van der Waals surface area (Å²) in [5.41, 5.74) is 3.20. The molecular formula is C28H31IO5. The first-order valence-corrected chi connectivity index (χ1v) is 13.1. The molecule has 34 heavy (non-hydrogen) atoms. The van der Waals surface area contributed by atoms with Gasteiger partial charge in [-0.25, -0.2) is 0 Å². The molecule has 1 heterocycles. The number of hydrogen-bond donors (Lipinski definition) is 1. The van der Waals surface area contributed by atoms with Crippen LogP contribution in [0.25, 0.3) is 0 Å². The molecule has 4 rings (SSSR count). The predicted octanol–water partition coefficient (Wildman–Crippen LogP) is 4.94. The molecule has 2 unspecified atom stereocenters. The SMILES string of the molecule is OC1[C@@H](CI)OC(COCc2ccccc2)[C@H](OCc2ccccc2)[C@H]1OCc1ccccc1. The summed E-state index contributed by atoms with van der Waals surface area (Å²) in [4.78, 5) is 0. The average Bonchev–Trinajstić information content (AvgIpc) is 2.89. The Morgan fingerprint density at radius 3 is 1.62 bits per heavy atom. The van der Waals surface area contributed by atoms with Gasteiger partial charge in [0, 0.05) is 4.43 Å². The van der Waals surface area contributed by atoms with Crippen molar-refractivity contribution in [3.63, 3.8) is 0 Å². The molecule has 3 aromatic rings. The van der Waals surface area contributed by atoms with Crippen LogP contribution in [-0.2, 0) is 38.8 Å². The van der Waals surface area contributed by atoms with E-state index >= 15 is 0 Å². The van der Waals surface area contributed by atoms with Gasteiger partial charge in [0.25, 0.3) is 0 Å². The van der Waals surface area contributed by atoms with Crippen LogP contribution in [0, 0.1) is 0 Å². The highest BCUT2D eigenvalue weighted by atomic mass is 127. The highest BCUT2D eigenvalue weighted by Gasteiger charge is 2.46. The second-order valence-electron chi connectivity index (χ2n) is 8.38. The second kappa shape index (κ2) is 13.3. The van der Waals surface area contributed by atoms with E-state index in [0.717, 1.165) is 16.7 Å². The molecule has 5 nitrogen and oxygen atoms in total. The fourth-order valence-corrected chi connectivity index (χ4v) is 4.79. The van der Waals surface area contributed by atoms with Gasteiger partial charge >= 0.3 is 0 Å². The summed E-state index contributed by atoms with van der Waals surface area (Å²) in [5.74, 6) is 0. The van der Waals surface area contributed by atoms with Crippen LogP contribution in [0.1, 0.15) is 16.7 Å². The number of rotatable bonds is 11. The van der Waals surface area contributed by atoms with Crippen molar-refractivity contribution in [3.05, 3.63) is 108 Å². The zero-order chi connectivity index (χ0) is 23.6. The maximum Gasteiger partial charge on any atom is 0.115 e. The number of benzene rings is 3. The van der Waals surface area contributed by atoms with Gasteiger partial charge in [-0.3, -0.25) is 0 Å². The number of ether oxygens (including phenoxy) is 4. The van der Waals surface area contributed by atoms with Gasteiger partial charge in [0.15, 0.2) is 0 Å². The van der Waals surface area contributed by atoms with Crippen LogP contribution in [0.15, 0.2) is 91.0 Å². The van der Waals surface area contributed by atoms with Crippen LogP contribution >= 0.6 is 22.6 Å². The highest BCUT2D eigenvalue weighted by Crippen LogP contribution is 2.29. The lowest BCUT2D eigenvalue weighted by atomic mass is 9.95. The van der Waals surface area contributed by atoms with Crippen LogP contribution in [-0.4, -0.2) is 46.7 Å². The minimum absolute atomic E-state index is 0.347. The molecule has 1 aliphatic rings. The molecule has 0 spiro atoms. The zero-order valence-electron chi connectivity index (χ0n) is 19.0. The summed E-state index contributed by atoms with van der Waals surface area (Å²) in [6, 6.07) is 30.0. The van der Waals surface area contributed by atoms with Gasteiger partial charge in [0.2, 0.25) is 0 Å². The van der Waals surface area contributed by atoms with E-state index in [2.05, 4.69) is 22.6 Å². The quantitative estimate of drug-likeness (QED) is 0.260. The van der Waals surface area contributed by atoms with Gasteiger partial charge in [-0.05, 0) is 16.7 Å². The maximum absolute atomic E-state index is 11.1. The minimum atomic E-state index is -0.799. The third-order valence-electron chi connectivity index (χ3n) is 5.87. The van der Waals surface area contributed by atoms with Crippen molar-refractivity contribution in [1.29, 1.82) is 0 Å². The lowest BCUT2D eigenvalue weighted by Crippen LogP contribution is -2.60. The van der Waals surface area contributed by atoms with Crippen molar-refractivity contribution in [2.45, 2.75) is 50.3 Å². The van der Waals surface area contributed by atoms with Crippen LogP contribution < -0.4 is 0 Å². The Balaban J connectivity index is 1.48. The average molecular weight is 574 g/mol. The monoisotopic (exact) mass is 574 g/mol. The molecule has 0 aliphatic carbocycles. The van der Waals surface area contributed by atoms with Gasteiger partial charge in [-0.15, -0.1) is 0 Å². The molecule has 1 aliphatic heterocycles. The number of halogens is 1. The lowest BCUT2D eigenvalue weighted by molar-refractivity contribution is -0.255. The fourth-order valence-electron chi connectivity index (χ4n) is 4.06. The standard InChI is InChI=1S/C28H31IO5/c29-16-24-26(30)28(33-19-23-14-8-3-9-15-23)27(32-18-22-12-6-2-7-13-22)25(34-24)20-31-17-21-10-4-1-5-11-21/h1-15,24-28,30H,16-20H2/t24-,25?,26?,27+,28+/m1/s1. The summed E-state index contributed by atoms with van der Waals surface area (Å²) in [5, 5.41) is 11.1. The summed E-state index contributed by atoms with van der Waals surface area (Å²) in [6.07, 6.45) is -2.54. The normalized spacial score (nSPS) is 24.7. The molecule has 180 valence electrons. The highest BCUT2D eigenvalue weighted by molar-refractivity contribution is 14.1. The summed E-state index contributed by atoms with van der Waals surface area (Å²) in [6.45, 7) is 1.62. The predicted molar refractivity (Wildman–Crippen MR) is 140 cm³/mol. The smallest absolute Gasteiger partial charge is 0.115 e. The first kappa shape index (κ1) is 25.3. The van der Waals surface area contributed by atoms with Crippen molar-refractivity contribution in [2.24, 2.45) is 0 Å². The van der Waals surface area contributed by atoms with Crippen molar-refractivity contribution >= 4 is 22.6 Å². The fraction of sp³-hybridized carbons (Fsp3) is 0.357. The van der Waals surface area contributed by atoms with Gasteiger partial charge in [-0.2, -0.15) is 0 Å². The Bertz CT molecular complexity index is 956. The van der Waals surface area contributed by atoms with Crippen LogP contribution in [0.2, 0.25) is 0 Å². The van der Waals surface area contributed by atoms with Gasteiger partial charge in [0.05, 0.1) is 32.5 Å². The summed E-state index contributed by atoms with van der Waals surface area (Å²) >= 11 is 2.24. The summed E-state index contributed by atoms with van der Waals surface area (Å²) < 4.78 is 25.6. The second-order valence-corrected chi connectivity index (χ2v) is 9.26. The van der Waals surface area contributed by atoms with E-state index in [0.29, 0.717) is 30.9 Å². The topological polar surface area (TPSA) is 57.2 Å². The van der Waals surface area contributed by atoms with E-state index in [1.54, 1.807) is 0 Å². The third-order valence-corrected chi connectivity index (χ3v) is 6.74. The van der Waals surface area contributed by atoms with E-state index in [9.17, 15) is 5.11 Å². The summed E-state index contributed by atoms with van der Waals surface area (Å²) in [7, 11) is 0. The Morgan fingerprint density at radius 1 is 0.647 bits per heavy atom. The first-order valence-electron chi connectivity index (χ1n) is 11.6. The minimum Gasteiger partial charge on any atom is -0.388 e. The van der Waals surface area contributed by atoms with Crippen molar-refractivity contribution in [1.82, 2.24) is 0 Å². The van der Waals surface area contributed by atoms with Gasteiger partial charge in [0.1, 0.15) is 24.4 Å². The Labute approximate surface area is 215 Å². The third kappa shape index (κ3) is 7.10. The molecule has 3 aromatic carbocycles. The molecule has 0 bridgehead atoms. The maximum atomic E-state index is 11.1. The Hall–Kier alpha value is -1.81. The number of aliphatic hydroxyl groups is 1. The number of aliphatic hydroxyl groups excluding tert-OH is 1. The zero-order valence-corrected chi connectivity index (χ0v) is 21.2. The molecular weight excluding hydrogens is 543 g/mol. The van der Waals surface area contributed by atoms with E-state index in [-0.39, 0.29) is 12.2 Å². The largest absolute Gasteiger partial charge is 0.388 e. The van der Waals surface area contributed by atoms with E-state index < -0.39 is 18.3 Å². The Kier molecular flexibility index (Phi) is 9.91. The van der Waals surface area contributed by atoms with Crippen LogP contribution in [0.5, 0.6) is 0 Å². The molecule has 6 heteroatoms. The molecule has 0 saturated carbocycles. The lowest BCUT2D eigenvalue weighted by Gasteiger charge is -2.44. The van der Waals surface area contributed by atoms with Crippen LogP contribution in [0.3, 0.4) is 0 Å². The first-order chi connectivity index (χ1) is 16.7. The van der Waals surface area contributed by atoms with Crippen molar-refractivity contribution in [3.8, 4) is 0 Å². The molecule has 5 atom stereocenters. The number of hydrogen-bond acceptors (Lipinski definition) is 5. The van der Waals surface area contributed by atoms with Gasteiger partial charge in [-0.1, -0.05) is 114 Å². The van der Waals surface area contributed by atoms with Crippen molar-refractivity contribution < 1.29 is 24.1 Å². The van der Waals surface area contributed by atoms with Gasteiger partial charge < -0.3 is 24.1 Å².